The molecule has 3 heterocycles. The highest BCUT2D eigenvalue weighted by atomic mass is 32.1. The maximum absolute atomic E-state index is 12.2. The Bertz CT molecular complexity index is 843. The predicted octanol–water partition coefficient (Wildman–Crippen LogP) is 3.39. The molecular weight excluding hydrogens is 322 g/mol. The van der Waals surface area contributed by atoms with Gasteiger partial charge in [0.25, 0.3) is 11.9 Å². The molecule has 0 bridgehead atoms. The smallest absolute Gasteiger partial charge is 0.268 e. The van der Waals surface area contributed by atoms with Gasteiger partial charge in [-0.15, -0.1) is 16.4 Å². The highest BCUT2D eigenvalue weighted by molar-refractivity contribution is 7.12. The number of rotatable bonds is 3. The van der Waals surface area contributed by atoms with Crippen LogP contribution in [0.15, 0.2) is 47.8 Å². The van der Waals surface area contributed by atoms with Crippen LogP contribution >= 0.6 is 11.3 Å². The largest absolute Gasteiger partial charge is 0.352 e. The van der Waals surface area contributed by atoms with Gasteiger partial charge >= 0.3 is 0 Å². The van der Waals surface area contributed by atoms with Gasteiger partial charge in [0.1, 0.15) is 0 Å². The third-order valence-electron chi connectivity index (χ3n) is 4.03. The van der Waals surface area contributed by atoms with Crippen LogP contribution in [0.4, 0.5) is 11.9 Å². The van der Waals surface area contributed by atoms with Crippen LogP contribution in [0, 0.1) is 0 Å². The lowest BCUT2D eigenvalue weighted by molar-refractivity contribution is 0.102. The van der Waals surface area contributed by atoms with E-state index in [2.05, 4.69) is 39.8 Å². The maximum Gasteiger partial charge on any atom is 0.268 e. The number of thiophene rings is 1. The van der Waals surface area contributed by atoms with Gasteiger partial charge in [-0.2, -0.15) is 4.98 Å². The zero-order valence-corrected chi connectivity index (χ0v) is 14.0. The highest BCUT2D eigenvalue weighted by Gasteiger charge is 2.28. The quantitative estimate of drug-likeness (QED) is 0.767. The van der Waals surface area contributed by atoms with Gasteiger partial charge in [0.2, 0.25) is 5.95 Å². The Kier molecular flexibility index (Phi) is 3.78. The normalized spacial score (nSPS) is 19.4. The minimum atomic E-state index is -0.183. The molecule has 0 aliphatic carbocycles. The minimum Gasteiger partial charge on any atom is -0.352 e. The summed E-state index contributed by atoms with van der Waals surface area (Å²) in [6.07, 6.45) is 0.915. The first kappa shape index (κ1) is 14.9. The third-order valence-corrected chi connectivity index (χ3v) is 4.90. The maximum atomic E-state index is 12.2. The average molecular weight is 339 g/mol. The van der Waals surface area contributed by atoms with E-state index in [-0.39, 0.29) is 18.0 Å². The van der Waals surface area contributed by atoms with Crippen LogP contribution in [0.5, 0.6) is 0 Å². The standard InChI is InChI=1S/C17H17N5OS/c1-11-10-13(12-6-3-2-4-7-12)22-17(18-11)20-16(21-22)19-15(23)14-8-5-9-24-14/h2-9,11,13H,10H2,1H3,(H2,18,19,20,21,23)/t11-,13-/m1/s1. The number of aromatic nitrogens is 3. The second kappa shape index (κ2) is 6.09. The second-order valence-corrected chi connectivity index (χ2v) is 6.79. The molecule has 0 spiro atoms. The third kappa shape index (κ3) is 2.78. The molecule has 1 aromatic carbocycles. The van der Waals surface area contributed by atoms with Gasteiger partial charge < -0.3 is 5.32 Å². The molecule has 1 aliphatic rings. The van der Waals surface area contributed by atoms with Crippen molar-refractivity contribution >= 4 is 29.1 Å². The molecule has 7 heteroatoms. The molecule has 1 aliphatic heterocycles. The highest BCUT2D eigenvalue weighted by Crippen LogP contribution is 2.31. The van der Waals surface area contributed by atoms with Crippen LogP contribution in [0.3, 0.4) is 0 Å². The fraction of sp³-hybridized carbons (Fsp3) is 0.235. The van der Waals surface area contributed by atoms with Crippen molar-refractivity contribution in [3.8, 4) is 0 Å². The van der Waals surface area contributed by atoms with E-state index in [1.165, 1.54) is 16.9 Å². The molecule has 6 nitrogen and oxygen atoms in total. The van der Waals surface area contributed by atoms with Crippen molar-refractivity contribution in [2.75, 3.05) is 10.6 Å². The van der Waals surface area contributed by atoms with Gasteiger partial charge in [0.05, 0.1) is 10.9 Å². The Labute approximate surface area is 143 Å². The molecule has 0 saturated heterocycles. The number of fused-ring (bicyclic) bond motifs is 1. The van der Waals surface area contributed by atoms with Crippen LogP contribution in [0.1, 0.15) is 34.6 Å². The number of carbonyl (C=O) groups excluding carboxylic acids is 1. The summed E-state index contributed by atoms with van der Waals surface area (Å²) < 4.78 is 1.86. The number of carbonyl (C=O) groups is 1. The van der Waals surface area contributed by atoms with Gasteiger partial charge in [-0.3, -0.25) is 10.1 Å². The molecule has 2 atom stereocenters. The molecule has 1 amide bonds. The topological polar surface area (TPSA) is 71.8 Å². The van der Waals surface area contributed by atoms with Crippen molar-refractivity contribution in [3.05, 3.63) is 58.3 Å². The fourth-order valence-electron chi connectivity index (χ4n) is 2.93. The van der Waals surface area contributed by atoms with Crippen LogP contribution in [-0.2, 0) is 0 Å². The summed E-state index contributed by atoms with van der Waals surface area (Å²) in [7, 11) is 0. The molecule has 0 saturated carbocycles. The van der Waals surface area contributed by atoms with Gasteiger partial charge in [-0.05, 0) is 30.4 Å². The number of hydrogen-bond acceptors (Lipinski definition) is 5. The molecule has 2 aromatic heterocycles. The van der Waals surface area contributed by atoms with E-state index < -0.39 is 0 Å². The van der Waals surface area contributed by atoms with Crippen molar-refractivity contribution < 1.29 is 4.79 Å². The fourth-order valence-corrected chi connectivity index (χ4v) is 3.55. The van der Waals surface area contributed by atoms with E-state index in [1.807, 2.05) is 34.3 Å². The van der Waals surface area contributed by atoms with Crippen molar-refractivity contribution in [1.29, 1.82) is 0 Å². The predicted molar refractivity (Wildman–Crippen MR) is 94.6 cm³/mol. The molecule has 4 rings (SSSR count). The monoisotopic (exact) mass is 339 g/mol. The van der Waals surface area contributed by atoms with Crippen molar-refractivity contribution in [3.63, 3.8) is 0 Å². The van der Waals surface area contributed by atoms with Crippen molar-refractivity contribution in [2.24, 2.45) is 0 Å². The Morgan fingerprint density at radius 1 is 1.29 bits per heavy atom. The molecular formula is C17H17N5OS. The van der Waals surface area contributed by atoms with E-state index in [4.69, 9.17) is 0 Å². The van der Waals surface area contributed by atoms with E-state index in [1.54, 1.807) is 6.07 Å². The molecule has 3 aromatic rings. The number of anilines is 2. The average Bonchev–Trinajstić information content (AvgIpc) is 3.24. The van der Waals surface area contributed by atoms with Gasteiger partial charge in [-0.1, -0.05) is 36.4 Å². The molecule has 122 valence electrons. The van der Waals surface area contributed by atoms with Crippen LogP contribution in [-0.4, -0.2) is 26.7 Å². The van der Waals surface area contributed by atoms with Crippen LogP contribution in [0.2, 0.25) is 0 Å². The van der Waals surface area contributed by atoms with E-state index in [0.717, 1.165) is 6.42 Å². The number of benzene rings is 1. The first-order chi connectivity index (χ1) is 11.7. The van der Waals surface area contributed by atoms with E-state index in [0.29, 0.717) is 16.8 Å². The lowest BCUT2D eigenvalue weighted by Gasteiger charge is -2.29. The number of hydrogen-bond donors (Lipinski definition) is 2. The summed E-state index contributed by atoms with van der Waals surface area (Å²) in [5, 5.41) is 12.5. The SMILES string of the molecule is C[C@@H]1C[C@H](c2ccccc2)n2nc(NC(=O)c3cccs3)nc2N1. The Morgan fingerprint density at radius 3 is 2.88 bits per heavy atom. The zero-order valence-electron chi connectivity index (χ0n) is 13.1. The number of amides is 1. The van der Waals surface area contributed by atoms with Gasteiger partial charge in [-0.25, -0.2) is 4.68 Å². The summed E-state index contributed by atoms with van der Waals surface area (Å²) in [6, 6.07) is 14.3. The second-order valence-electron chi connectivity index (χ2n) is 5.84. The van der Waals surface area contributed by atoms with Gasteiger partial charge in [0, 0.05) is 6.04 Å². The van der Waals surface area contributed by atoms with E-state index >= 15 is 0 Å². The Hall–Kier alpha value is -2.67. The van der Waals surface area contributed by atoms with Crippen molar-refractivity contribution in [1.82, 2.24) is 14.8 Å². The van der Waals surface area contributed by atoms with Crippen LogP contribution in [0.25, 0.3) is 0 Å². The van der Waals surface area contributed by atoms with Gasteiger partial charge in [0.15, 0.2) is 0 Å². The molecule has 24 heavy (non-hydrogen) atoms. The van der Waals surface area contributed by atoms with Crippen molar-refractivity contribution in [2.45, 2.75) is 25.4 Å². The summed E-state index contributed by atoms with van der Waals surface area (Å²) in [4.78, 5) is 17.3. The summed E-state index contributed by atoms with van der Waals surface area (Å²) in [6.45, 7) is 2.12. The first-order valence-corrected chi connectivity index (χ1v) is 8.71. The first-order valence-electron chi connectivity index (χ1n) is 7.83. The molecule has 2 N–H and O–H groups in total. The lowest BCUT2D eigenvalue weighted by atomic mass is 9.99. The molecule has 0 fully saturated rings. The summed E-state index contributed by atoms with van der Waals surface area (Å²) in [5.74, 6) is 0.826. The number of nitrogens with one attached hydrogen (secondary N) is 2. The van der Waals surface area contributed by atoms with Crippen LogP contribution < -0.4 is 10.6 Å². The Morgan fingerprint density at radius 2 is 2.12 bits per heavy atom. The molecule has 0 radical (unpaired) electrons. The summed E-state index contributed by atoms with van der Waals surface area (Å²) in [5.41, 5.74) is 1.19. The van der Waals surface area contributed by atoms with E-state index in [9.17, 15) is 4.79 Å². The Balaban J connectivity index is 1.63. The molecule has 0 unspecified atom stereocenters. The minimum absolute atomic E-state index is 0.109. The zero-order chi connectivity index (χ0) is 16.5. The summed E-state index contributed by atoms with van der Waals surface area (Å²) >= 11 is 1.39. The number of nitrogens with zero attached hydrogens (tertiary/aromatic N) is 3. The lowest BCUT2D eigenvalue weighted by Crippen LogP contribution is -2.31.